The van der Waals surface area contributed by atoms with Crippen LogP contribution in [0.15, 0.2) is 29.0 Å². The van der Waals surface area contributed by atoms with Crippen LogP contribution in [-0.4, -0.2) is 52.3 Å². The fourth-order valence-electron chi connectivity index (χ4n) is 3.65. The highest BCUT2D eigenvalue weighted by molar-refractivity contribution is 5.86. The van der Waals surface area contributed by atoms with Gasteiger partial charge in [0.05, 0.1) is 22.7 Å². The molecule has 1 aliphatic rings. The minimum atomic E-state index is 0.0784. The summed E-state index contributed by atoms with van der Waals surface area (Å²) in [5.74, 6) is 1.58. The van der Waals surface area contributed by atoms with E-state index in [1.807, 2.05) is 27.7 Å². The summed E-state index contributed by atoms with van der Waals surface area (Å²) in [6, 6.07) is 6.34. The van der Waals surface area contributed by atoms with Crippen molar-refractivity contribution in [3.8, 4) is 5.88 Å². The Morgan fingerprint density at radius 3 is 2.57 bits per heavy atom. The molecule has 0 bridgehead atoms. The number of fused-ring (bicyclic) bond motifs is 1. The zero-order valence-electron chi connectivity index (χ0n) is 17.0. The van der Waals surface area contributed by atoms with E-state index in [1.165, 1.54) is 11.3 Å². The first-order valence-corrected chi connectivity index (χ1v) is 9.81. The van der Waals surface area contributed by atoms with Crippen LogP contribution in [0.2, 0.25) is 0 Å². The van der Waals surface area contributed by atoms with Gasteiger partial charge in [-0.15, -0.1) is 0 Å². The summed E-state index contributed by atoms with van der Waals surface area (Å²) < 4.78 is 11.2. The summed E-state index contributed by atoms with van der Waals surface area (Å²) in [5.41, 5.74) is 4.30. The lowest BCUT2D eigenvalue weighted by Crippen LogP contribution is -2.46. The Labute approximate surface area is 165 Å². The van der Waals surface area contributed by atoms with Gasteiger partial charge in [-0.25, -0.2) is 9.97 Å². The lowest BCUT2D eigenvalue weighted by Gasteiger charge is -2.36. The van der Waals surface area contributed by atoms with Crippen molar-refractivity contribution in [2.24, 2.45) is 0 Å². The van der Waals surface area contributed by atoms with Crippen molar-refractivity contribution in [2.75, 3.05) is 31.1 Å². The van der Waals surface area contributed by atoms with Crippen LogP contribution < -0.4 is 9.64 Å². The Balaban J connectivity index is 1.47. The third-order valence-electron chi connectivity index (χ3n) is 5.23. The standard InChI is InChI=1S/C21H27N5O2/c1-14(2)27-21-18-11-17(5-6-20(18)22-13-23-21)26-9-7-25(8-10-26)12-19-15(3)24-28-16(19)4/h5-6,11,13-14H,7-10,12H2,1-4H3. The highest BCUT2D eigenvalue weighted by Crippen LogP contribution is 2.28. The van der Waals surface area contributed by atoms with E-state index in [1.54, 1.807) is 6.33 Å². The SMILES string of the molecule is Cc1noc(C)c1CN1CCN(c2ccc3ncnc(OC(C)C)c3c2)CC1. The summed E-state index contributed by atoms with van der Waals surface area (Å²) in [6.07, 6.45) is 1.64. The summed E-state index contributed by atoms with van der Waals surface area (Å²) in [5, 5.41) is 5.03. The molecule has 0 atom stereocenters. The molecule has 0 unspecified atom stereocenters. The first-order valence-electron chi connectivity index (χ1n) is 9.81. The zero-order valence-corrected chi connectivity index (χ0v) is 17.0. The summed E-state index contributed by atoms with van der Waals surface area (Å²) in [4.78, 5) is 13.6. The maximum Gasteiger partial charge on any atom is 0.224 e. The normalized spacial score (nSPS) is 15.5. The molecule has 0 N–H and O–H groups in total. The lowest BCUT2D eigenvalue weighted by atomic mass is 10.1. The number of rotatable bonds is 5. The van der Waals surface area contributed by atoms with Crippen LogP contribution >= 0.6 is 0 Å². The predicted octanol–water partition coefficient (Wildman–Crippen LogP) is 3.34. The van der Waals surface area contributed by atoms with Crippen LogP contribution in [0.25, 0.3) is 10.9 Å². The maximum atomic E-state index is 5.88. The third kappa shape index (κ3) is 3.80. The third-order valence-corrected chi connectivity index (χ3v) is 5.23. The lowest BCUT2D eigenvalue weighted by molar-refractivity contribution is 0.235. The van der Waals surface area contributed by atoms with Gasteiger partial charge in [0.15, 0.2) is 0 Å². The van der Waals surface area contributed by atoms with Crippen LogP contribution in [-0.2, 0) is 6.54 Å². The molecular weight excluding hydrogens is 354 g/mol. The predicted molar refractivity (Wildman–Crippen MR) is 109 cm³/mol. The molecule has 2 aromatic heterocycles. The molecule has 0 aliphatic carbocycles. The van der Waals surface area contributed by atoms with Gasteiger partial charge in [-0.1, -0.05) is 5.16 Å². The van der Waals surface area contributed by atoms with Crippen LogP contribution in [0, 0.1) is 13.8 Å². The topological polar surface area (TPSA) is 67.5 Å². The molecule has 7 heteroatoms. The summed E-state index contributed by atoms with van der Waals surface area (Å²) in [7, 11) is 0. The number of aryl methyl sites for hydroxylation is 2. The highest BCUT2D eigenvalue weighted by atomic mass is 16.5. The summed E-state index contributed by atoms with van der Waals surface area (Å²) >= 11 is 0. The molecular formula is C21H27N5O2. The van der Waals surface area contributed by atoms with E-state index in [-0.39, 0.29) is 6.10 Å². The molecule has 28 heavy (non-hydrogen) atoms. The number of hydrogen-bond acceptors (Lipinski definition) is 7. The second-order valence-corrected chi connectivity index (χ2v) is 7.61. The van der Waals surface area contributed by atoms with Crippen LogP contribution in [0.5, 0.6) is 5.88 Å². The van der Waals surface area contributed by atoms with Gasteiger partial charge in [0.1, 0.15) is 12.1 Å². The molecule has 0 spiro atoms. The number of hydrogen-bond donors (Lipinski definition) is 0. The fraction of sp³-hybridized carbons (Fsp3) is 0.476. The molecule has 7 nitrogen and oxygen atoms in total. The minimum absolute atomic E-state index is 0.0784. The van der Waals surface area contributed by atoms with Crippen molar-refractivity contribution in [1.82, 2.24) is 20.0 Å². The molecule has 3 aromatic rings. The van der Waals surface area contributed by atoms with E-state index in [0.29, 0.717) is 5.88 Å². The number of ether oxygens (including phenoxy) is 1. The van der Waals surface area contributed by atoms with Crippen molar-refractivity contribution in [2.45, 2.75) is 40.3 Å². The monoisotopic (exact) mass is 381 g/mol. The smallest absolute Gasteiger partial charge is 0.224 e. The van der Waals surface area contributed by atoms with E-state index in [2.05, 4.69) is 43.1 Å². The van der Waals surface area contributed by atoms with Crippen LogP contribution in [0.1, 0.15) is 30.9 Å². The minimum Gasteiger partial charge on any atom is -0.474 e. The van der Waals surface area contributed by atoms with Gasteiger partial charge in [-0.2, -0.15) is 0 Å². The Bertz CT molecular complexity index is 941. The molecule has 148 valence electrons. The molecule has 0 saturated carbocycles. The summed E-state index contributed by atoms with van der Waals surface area (Å²) in [6.45, 7) is 12.9. The molecule has 0 radical (unpaired) electrons. The van der Waals surface area contributed by atoms with Gasteiger partial charge in [-0.05, 0) is 45.9 Å². The average Bonchev–Trinajstić information content (AvgIpc) is 3.00. The van der Waals surface area contributed by atoms with Crippen molar-refractivity contribution in [3.05, 3.63) is 41.5 Å². The van der Waals surface area contributed by atoms with E-state index in [4.69, 9.17) is 9.26 Å². The zero-order chi connectivity index (χ0) is 19.7. The van der Waals surface area contributed by atoms with Crippen molar-refractivity contribution in [1.29, 1.82) is 0 Å². The van der Waals surface area contributed by atoms with Crippen molar-refractivity contribution >= 4 is 16.6 Å². The molecule has 1 aromatic carbocycles. The van der Waals surface area contributed by atoms with Gasteiger partial charge >= 0.3 is 0 Å². The first-order chi connectivity index (χ1) is 13.5. The second-order valence-electron chi connectivity index (χ2n) is 7.61. The molecule has 0 amide bonds. The number of benzene rings is 1. The number of nitrogens with zero attached hydrogens (tertiary/aromatic N) is 5. The largest absolute Gasteiger partial charge is 0.474 e. The van der Waals surface area contributed by atoms with Gasteiger partial charge in [-0.3, -0.25) is 4.90 Å². The molecule has 1 aliphatic heterocycles. The van der Waals surface area contributed by atoms with Crippen molar-refractivity contribution < 1.29 is 9.26 Å². The first kappa shape index (κ1) is 18.7. The molecule has 1 fully saturated rings. The van der Waals surface area contributed by atoms with E-state index >= 15 is 0 Å². The Kier molecular flexibility index (Phi) is 5.17. The number of anilines is 1. The van der Waals surface area contributed by atoms with Crippen molar-refractivity contribution in [3.63, 3.8) is 0 Å². The van der Waals surface area contributed by atoms with Crippen LogP contribution in [0.3, 0.4) is 0 Å². The Hall–Kier alpha value is -2.67. The van der Waals surface area contributed by atoms with E-state index in [9.17, 15) is 0 Å². The van der Waals surface area contributed by atoms with Gasteiger partial charge in [0, 0.05) is 44.0 Å². The number of piperazine rings is 1. The molecule has 3 heterocycles. The molecule has 1 saturated heterocycles. The Morgan fingerprint density at radius 1 is 1.11 bits per heavy atom. The number of aromatic nitrogens is 3. The maximum absolute atomic E-state index is 5.88. The average molecular weight is 381 g/mol. The fourth-order valence-corrected chi connectivity index (χ4v) is 3.65. The van der Waals surface area contributed by atoms with Gasteiger partial charge < -0.3 is 14.2 Å². The van der Waals surface area contributed by atoms with Gasteiger partial charge in [0.2, 0.25) is 5.88 Å². The van der Waals surface area contributed by atoms with Gasteiger partial charge in [0.25, 0.3) is 0 Å². The van der Waals surface area contributed by atoms with Crippen LogP contribution in [0.4, 0.5) is 5.69 Å². The second kappa shape index (κ2) is 7.75. The Morgan fingerprint density at radius 2 is 1.89 bits per heavy atom. The highest BCUT2D eigenvalue weighted by Gasteiger charge is 2.21. The van der Waals surface area contributed by atoms with E-state index in [0.717, 1.165) is 55.1 Å². The molecule has 4 rings (SSSR count). The quantitative estimate of drug-likeness (QED) is 0.671. The van der Waals surface area contributed by atoms with E-state index < -0.39 is 0 Å².